The smallest absolute Gasteiger partial charge is 0.141 e. The van der Waals surface area contributed by atoms with Crippen LogP contribution in [0.5, 0.6) is 5.75 Å². The van der Waals surface area contributed by atoms with E-state index in [1.807, 2.05) is 18.2 Å². The fraction of sp³-hybridized carbons (Fsp3) is 0.353. The maximum atomic E-state index is 13.0. The van der Waals surface area contributed by atoms with Gasteiger partial charge in [-0.2, -0.15) is 0 Å². The lowest BCUT2D eigenvalue weighted by Gasteiger charge is -2.20. The number of pyridine rings is 1. The second-order valence-corrected chi connectivity index (χ2v) is 6.05. The van der Waals surface area contributed by atoms with Gasteiger partial charge in [-0.3, -0.25) is 4.98 Å². The topological polar surface area (TPSA) is 34.1 Å². The largest absolute Gasteiger partial charge is 0.489 e. The van der Waals surface area contributed by atoms with Crippen molar-refractivity contribution in [3.63, 3.8) is 0 Å². The number of ether oxygens (including phenoxy) is 1. The average Bonchev–Trinajstić information content (AvgIpc) is 2.43. The van der Waals surface area contributed by atoms with Crippen molar-refractivity contribution in [1.82, 2.24) is 10.3 Å². The van der Waals surface area contributed by atoms with Gasteiger partial charge in [0.15, 0.2) is 0 Å². The van der Waals surface area contributed by atoms with E-state index in [0.29, 0.717) is 12.2 Å². The van der Waals surface area contributed by atoms with E-state index in [4.69, 9.17) is 4.74 Å². The molecule has 0 unspecified atom stereocenters. The fourth-order valence-corrected chi connectivity index (χ4v) is 1.81. The maximum absolute atomic E-state index is 13.0. The molecule has 0 fully saturated rings. The van der Waals surface area contributed by atoms with Gasteiger partial charge in [0.1, 0.15) is 18.2 Å². The molecule has 0 bridgehead atoms. The van der Waals surface area contributed by atoms with Crippen molar-refractivity contribution in [1.29, 1.82) is 0 Å². The van der Waals surface area contributed by atoms with E-state index in [1.165, 1.54) is 12.3 Å². The first kappa shape index (κ1) is 15.4. The number of rotatable bonds is 5. The summed E-state index contributed by atoms with van der Waals surface area (Å²) >= 11 is 0. The Balaban J connectivity index is 1.95. The highest BCUT2D eigenvalue weighted by atomic mass is 19.1. The number of hydrogen-bond acceptors (Lipinski definition) is 3. The fourth-order valence-electron chi connectivity index (χ4n) is 1.81. The van der Waals surface area contributed by atoms with Gasteiger partial charge in [-0.1, -0.05) is 12.1 Å². The number of hydrogen-bond donors (Lipinski definition) is 1. The standard InChI is InChI=1S/C17H21FN2O/c1-17(2,3)20-10-13-5-4-6-16(8-13)21-12-14-7-15(18)11-19-9-14/h4-9,11,20H,10,12H2,1-3H3. The normalized spacial score (nSPS) is 11.4. The zero-order valence-corrected chi connectivity index (χ0v) is 12.7. The Morgan fingerprint density at radius 2 is 1.95 bits per heavy atom. The van der Waals surface area contributed by atoms with Crippen LogP contribution >= 0.6 is 0 Å². The SMILES string of the molecule is CC(C)(C)NCc1cccc(OCc2cncc(F)c2)c1. The minimum Gasteiger partial charge on any atom is -0.489 e. The average molecular weight is 288 g/mol. The third-order valence-electron chi connectivity index (χ3n) is 2.89. The second-order valence-electron chi connectivity index (χ2n) is 6.05. The van der Waals surface area contributed by atoms with Crippen LogP contribution in [0, 0.1) is 5.82 Å². The van der Waals surface area contributed by atoms with Crippen LogP contribution in [0.2, 0.25) is 0 Å². The Hall–Kier alpha value is -1.94. The summed E-state index contributed by atoms with van der Waals surface area (Å²) in [6.07, 6.45) is 2.79. The number of aromatic nitrogens is 1. The Morgan fingerprint density at radius 3 is 2.67 bits per heavy atom. The zero-order valence-electron chi connectivity index (χ0n) is 12.7. The first-order chi connectivity index (χ1) is 9.92. The van der Waals surface area contributed by atoms with Crippen molar-refractivity contribution >= 4 is 0 Å². The van der Waals surface area contributed by atoms with Gasteiger partial charge < -0.3 is 10.1 Å². The molecule has 0 aliphatic rings. The molecule has 1 aromatic carbocycles. The van der Waals surface area contributed by atoms with E-state index in [2.05, 4.69) is 37.1 Å². The molecule has 3 nitrogen and oxygen atoms in total. The molecule has 0 saturated carbocycles. The van der Waals surface area contributed by atoms with Crippen molar-refractivity contribution in [2.75, 3.05) is 0 Å². The Morgan fingerprint density at radius 1 is 1.14 bits per heavy atom. The first-order valence-electron chi connectivity index (χ1n) is 6.98. The third-order valence-corrected chi connectivity index (χ3v) is 2.89. The van der Waals surface area contributed by atoms with Crippen LogP contribution in [0.1, 0.15) is 31.9 Å². The molecular formula is C17H21FN2O. The summed E-state index contributed by atoms with van der Waals surface area (Å²) < 4.78 is 18.7. The third kappa shape index (κ3) is 5.52. The van der Waals surface area contributed by atoms with Gasteiger partial charge in [-0.15, -0.1) is 0 Å². The molecular weight excluding hydrogens is 267 g/mol. The molecule has 0 atom stereocenters. The molecule has 2 rings (SSSR count). The van der Waals surface area contributed by atoms with Crippen molar-refractivity contribution in [3.8, 4) is 5.75 Å². The van der Waals surface area contributed by atoms with E-state index in [0.717, 1.165) is 17.9 Å². The van der Waals surface area contributed by atoms with Crippen molar-refractivity contribution in [2.45, 2.75) is 39.5 Å². The molecule has 112 valence electrons. The minimum absolute atomic E-state index is 0.0735. The summed E-state index contributed by atoms with van der Waals surface area (Å²) in [7, 11) is 0. The molecule has 1 aromatic heterocycles. The van der Waals surface area contributed by atoms with E-state index >= 15 is 0 Å². The van der Waals surface area contributed by atoms with Crippen LogP contribution in [-0.4, -0.2) is 10.5 Å². The van der Waals surface area contributed by atoms with Gasteiger partial charge in [0.25, 0.3) is 0 Å². The highest BCUT2D eigenvalue weighted by Crippen LogP contribution is 2.16. The lowest BCUT2D eigenvalue weighted by atomic mass is 10.1. The summed E-state index contributed by atoms with van der Waals surface area (Å²) in [5.74, 6) is 0.423. The molecule has 0 radical (unpaired) electrons. The predicted octanol–water partition coefficient (Wildman–Crippen LogP) is 3.69. The van der Waals surface area contributed by atoms with Crippen LogP contribution in [0.4, 0.5) is 4.39 Å². The van der Waals surface area contributed by atoms with Gasteiger partial charge >= 0.3 is 0 Å². The number of nitrogens with zero attached hydrogens (tertiary/aromatic N) is 1. The molecule has 2 aromatic rings. The first-order valence-corrected chi connectivity index (χ1v) is 6.98. The quantitative estimate of drug-likeness (QED) is 0.911. The number of nitrogens with one attached hydrogen (secondary N) is 1. The Bertz CT molecular complexity index is 593. The lowest BCUT2D eigenvalue weighted by molar-refractivity contribution is 0.304. The highest BCUT2D eigenvalue weighted by Gasteiger charge is 2.08. The van der Waals surface area contributed by atoms with Crippen molar-refractivity contribution in [3.05, 3.63) is 59.7 Å². The van der Waals surface area contributed by atoms with E-state index in [-0.39, 0.29) is 11.4 Å². The zero-order chi connectivity index (χ0) is 15.3. The molecule has 1 N–H and O–H groups in total. The van der Waals surface area contributed by atoms with E-state index in [1.54, 1.807) is 6.20 Å². The van der Waals surface area contributed by atoms with E-state index < -0.39 is 0 Å². The van der Waals surface area contributed by atoms with Crippen molar-refractivity contribution < 1.29 is 9.13 Å². The maximum Gasteiger partial charge on any atom is 0.141 e. The second kappa shape index (κ2) is 6.68. The molecule has 0 spiro atoms. The molecule has 21 heavy (non-hydrogen) atoms. The van der Waals surface area contributed by atoms with Crippen LogP contribution in [0.25, 0.3) is 0 Å². The van der Waals surface area contributed by atoms with Crippen LogP contribution in [0.15, 0.2) is 42.7 Å². The molecule has 0 aliphatic carbocycles. The summed E-state index contributed by atoms with van der Waals surface area (Å²) in [4.78, 5) is 3.81. The molecule has 0 amide bonds. The minimum atomic E-state index is -0.348. The number of halogens is 1. The Kier molecular flexibility index (Phi) is 4.91. The summed E-state index contributed by atoms with van der Waals surface area (Å²) in [6, 6.07) is 9.32. The molecule has 0 saturated heterocycles. The summed E-state index contributed by atoms with van der Waals surface area (Å²) in [5.41, 5.74) is 1.94. The van der Waals surface area contributed by atoms with Crippen molar-refractivity contribution in [2.24, 2.45) is 0 Å². The van der Waals surface area contributed by atoms with Gasteiger partial charge in [0.05, 0.1) is 6.20 Å². The lowest BCUT2D eigenvalue weighted by Crippen LogP contribution is -2.35. The van der Waals surface area contributed by atoms with Crippen LogP contribution in [0.3, 0.4) is 0 Å². The van der Waals surface area contributed by atoms with Crippen LogP contribution < -0.4 is 10.1 Å². The number of benzene rings is 1. The highest BCUT2D eigenvalue weighted by molar-refractivity contribution is 5.29. The molecule has 0 aliphatic heterocycles. The molecule has 4 heteroatoms. The molecule has 1 heterocycles. The summed E-state index contributed by atoms with van der Waals surface area (Å²) in [5, 5.41) is 3.43. The van der Waals surface area contributed by atoms with E-state index in [9.17, 15) is 4.39 Å². The van der Waals surface area contributed by atoms with Gasteiger partial charge in [0.2, 0.25) is 0 Å². The van der Waals surface area contributed by atoms with Gasteiger partial charge in [-0.25, -0.2) is 4.39 Å². The summed E-state index contributed by atoms with van der Waals surface area (Å²) in [6.45, 7) is 7.47. The predicted molar refractivity (Wildman–Crippen MR) is 81.6 cm³/mol. The monoisotopic (exact) mass is 288 g/mol. The van der Waals surface area contributed by atoms with Crippen LogP contribution in [-0.2, 0) is 13.2 Å². The van der Waals surface area contributed by atoms with Gasteiger partial charge in [0, 0.05) is 23.8 Å². The van der Waals surface area contributed by atoms with Gasteiger partial charge in [-0.05, 0) is 44.5 Å². The Labute approximate surface area is 125 Å².